The van der Waals surface area contributed by atoms with E-state index in [2.05, 4.69) is 4.98 Å². The maximum Gasteiger partial charge on any atom is 0.255 e. The summed E-state index contributed by atoms with van der Waals surface area (Å²) >= 11 is 0. The lowest BCUT2D eigenvalue weighted by atomic mass is 10.1. The quantitative estimate of drug-likeness (QED) is 0.843. The minimum absolute atomic E-state index is 0.0907. The van der Waals surface area contributed by atoms with Crippen LogP contribution in [-0.4, -0.2) is 29.4 Å². The van der Waals surface area contributed by atoms with Gasteiger partial charge in [0.15, 0.2) is 0 Å². The number of nitrogen functional groups attached to an aromatic ring is 1. The summed E-state index contributed by atoms with van der Waals surface area (Å²) in [5.74, 6) is 0.762. The Morgan fingerprint density at radius 2 is 2.15 bits per heavy atom. The molecule has 3 N–H and O–H groups in total. The summed E-state index contributed by atoms with van der Waals surface area (Å²) in [6.07, 6.45) is 6.90. The molecule has 0 atom stereocenters. The summed E-state index contributed by atoms with van der Waals surface area (Å²) in [5, 5.41) is 0.947. The third-order valence-electron chi connectivity index (χ3n) is 4.29. The number of carbonyl (C=O) groups excluding carboxylic acids is 1. The van der Waals surface area contributed by atoms with Crippen LogP contribution in [0.15, 0.2) is 24.4 Å². The molecule has 1 aromatic heterocycles. The number of benzene rings is 1. The SMILES string of the molecule is CN(CC1CCCC1)C(=O)c1c[nH]c2cc(N)ccc12. The van der Waals surface area contributed by atoms with Gasteiger partial charge in [-0.3, -0.25) is 4.79 Å². The van der Waals surface area contributed by atoms with Crippen LogP contribution in [0.1, 0.15) is 36.0 Å². The fraction of sp³-hybridized carbons (Fsp3) is 0.438. The second-order valence-corrected chi connectivity index (χ2v) is 5.84. The van der Waals surface area contributed by atoms with E-state index < -0.39 is 0 Å². The summed E-state index contributed by atoms with van der Waals surface area (Å²) in [4.78, 5) is 17.6. The van der Waals surface area contributed by atoms with Crippen LogP contribution in [-0.2, 0) is 0 Å². The monoisotopic (exact) mass is 271 g/mol. The molecule has 1 aliphatic carbocycles. The summed E-state index contributed by atoms with van der Waals surface area (Å²) < 4.78 is 0. The number of H-pyrrole nitrogens is 1. The zero-order valence-electron chi connectivity index (χ0n) is 11.9. The van der Waals surface area contributed by atoms with Crippen molar-refractivity contribution in [2.24, 2.45) is 5.92 Å². The minimum Gasteiger partial charge on any atom is -0.399 e. The summed E-state index contributed by atoms with van der Waals surface area (Å²) in [7, 11) is 1.90. The Labute approximate surface area is 118 Å². The summed E-state index contributed by atoms with van der Waals surface area (Å²) in [6, 6.07) is 5.62. The highest BCUT2D eigenvalue weighted by Gasteiger charge is 2.21. The van der Waals surface area contributed by atoms with Crippen molar-refractivity contribution in [3.63, 3.8) is 0 Å². The third kappa shape index (κ3) is 2.38. The van der Waals surface area contributed by atoms with E-state index in [1.807, 2.05) is 30.1 Å². The number of carbonyl (C=O) groups is 1. The molecule has 20 heavy (non-hydrogen) atoms. The lowest BCUT2D eigenvalue weighted by Crippen LogP contribution is -2.30. The molecule has 1 aromatic carbocycles. The van der Waals surface area contributed by atoms with Gasteiger partial charge in [0.25, 0.3) is 5.91 Å². The highest BCUT2D eigenvalue weighted by atomic mass is 16.2. The van der Waals surface area contributed by atoms with Crippen molar-refractivity contribution in [2.45, 2.75) is 25.7 Å². The molecular formula is C16H21N3O. The second-order valence-electron chi connectivity index (χ2n) is 5.84. The number of fused-ring (bicyclic) bond motifs is 1. The highest BCUT2D eigenvalue weighted by Crippen LogP contribution is 2.26. The van der Waals surface area contributed by atoms with Crippen molar-refractivity contribution in [3.05, 3.63) is 30.0 Å². The number of hydrogen-bond acceptors (Lipinski definition) is 2. The molecule has 0 radical (unpaired) electrons. The van der Waals surface area contributed by atoms with Crippen LogP contribution in [0.25, 0.3) is 10.9 Å². The molecule has 2 aromatic rings. The Balaban J connectivity index is 1.80. The van der Waals surface area contributed by atoms with E-state index in [4.69, 9.17) is 5.73 Å². The van der Waals surface area contributed by atoms with Crippen LogP contribution in [0, 0.1) is 5.92 Å². The first-order valence-corrected chi connectivity index (χ1v) is 7.27. The molecule has 1 fully saturated rings. The van der Waals surface area contributed by atoms with Gasteiger partial charge in [0.1, 0.15) is 0 Å². The van der Waals surface area contributed by atoms with Gasteiger partial charge in [0.2, 0.25) is 0 Å². The van der Waals surface area contributed by atoms with E-state index in [-0.39, 0.29) is 5.91 Å². The number of nitrogens with one attached hydrogen (secondary N) is 1. The van der Waals surface area contributed by atoms with Gasteiger partial charge in [0.05, 0.1) is 5.56 Å². The molecule has 0 aliphatic heterocycles. The van der Waals surface area contributed by atoms with Crippen LogP contribution in [0.3, 0.4) is 0 Å². The molecule has 0 bridgehead atoms. The molecule has 1 amide bonds. The zero-order valence-corrected chi connectivity index (χ0v) is 11.9. The first-order valence-electron chi connectivity index (χ1n) is 7.27. The van der Waals surface area contributed by atoms with Crippen molar-refractivity contribution in [1.82, 2.24) is 9.88 Å². The molecule has 4 nitrogen and oxygen atoms in total. The van der Waals surface area contributed by atoms with Crippen molar-refractivity contribution in [2.75, 3.05) is 19.3 Å². The molecule has 3 rings (SSSR count). The number of nitrogens with zero attached hydrogens (tertiary/aromatic N) is 1. The Morgan fingerprint density at radius 3 is 2.90 bits per heavy atom. The first kappa shape index (κ1) is 13.0. The number of hydrogen-bond donors (Lipinski definition) is 2. The normalized spacial score (nSPS) is 15.8. The van der Waals surface area contributed by atoms with Gasteiger partial charge >= 0.3 is 0 Å². The van der Waals surface area contributed by atoms with Crippen LogP contribution >= 0.6 is 0 Å². The molecule has 0 spiro atoms. The van der Waals surface area contributed by atoms with Crippen molar-refractivity contribution in [3.8, 4) is 0 Å². The average molecular weight is 271 g/mol. The van der Waals surface area contributed by atoms with Crippen molar-refractivity contribution in [1.29, 1.82) is 0 Å². The van der Waals surface area contributed by atoms with E-state index in [9.17, 15) is 4.79 Å². The smallest absolute Gasteiger partial charge is 0.255 e. The minimum atomic E-state index is 0.0907. The van der Waals surface area contributed by atoms with Gasteiger partial charge in [-0.2, -0.15) is 0 Å². The van der Waals surface area contributed by atoms with Gasteiger partial charge in [-0.25, -0.2) is 0 Å². The van der Waals surface area contributed by atoms with Crippen molar-refractivity contribution < 1.29 is 4.79 Å². The van der Waals surface area contributed by atoms with E-state index in [0.29, 0.717) is 11.6 Å². The number of aromatic nitrogens is 1. The maximum atomic E-state index is 12.6. The van der Waals surface area contributed by atoms with Gasteiger partial charge in [0, 0.05) is 36.4 Å². The molecule has 1 heterocycles. The lowest BCUT2D eigenvalue weighted by molar-refractivity contribution is 0.0775. The van der Waals surface area contributed by atoms with Gasteiger partial charge in [-0.15, -0.1) is 0 Å². The van der Waals surface area contributed by atoms with E-state index >= 15 is 0 Å². The maximum absolute atomic E-state index is 12.6. The molecule has 106 valence electrons. The molecule has 0 unspecified atom stereocenters. The Bertz CT molecular complexity index is 626. The van der Waals surface area contributed by atoms with Crippen LogP contribution in [0.2, 0.25) is 0 Å². The Hall–Kier alpha value is -1.97. The molecule has 4 heteroatoms. The predicted molar refractivity (Wildman–Crippen MR) is 81.6 cm³/mol. The Morgan fingerprint density at radius 1 is 1.40 bits per heavy atom. The van der Waals surface area contributed by atoms with Crippen LogP contribution in [0.5, 0.6) is 0 Å². The predicted octanol–water partition coefficient (Wildman–Crippen LogP) is 3.01. The molecule has 1 aliphatic rings. The number of amides is 1. The topological polar surface area (TPSA) is 62.1 Å². The van der Waals surface area contributed by atoms with E-state index in [1.54, 1.807) is 6.20 Å². The van der Waals surface area contributed by atoms with Gasteiger partial charge < -0.3 is 15.6 Å². The molecular weight excluding hydrogens is 250 g/mol. The van der Waals surface area contributed by atoms with Gasteiger partial charge in [-0.1, -0.05) is 12.8 Å². The second kappa shape index (κ2) is 5.19. The lowest BCUT2D eigenvalue weighted by Gasteiger charge is -2.20. The van der Waals surface area contributed by atoms with Crippen molar-refractivity contribution >= 4 is 22.5 Å². The van der Waals surface area contributed by atoms with Gasteiger partial charge in [-0.05, 0) is 37.0 Å². The number of nitrogens with two attached hydrogens (primary N) is 1. The third-order valence-corrected chi connectivity index (χ3v) is 4.29. The average Bonchev–Trinajstić information content (AvgIpc) is 3.06. The highest BCUT2D eigenvalue weighted by molar-refractivity contribution is 6.07. The van der Waals surface area contributed by atoms with Crippen LogP contribution < -0.4 is 5.73 Å². The first-order chi connectivity index (χ1) is 9.65. The molecule has 1 saturated carbocycles. The standard InChI is InChI=1S/C16H21N3O/c1-19(10-11-4-2-3-5-11)16(20)14-9-18-15-8-12(17)6-7-13(14)15/h6-9,11,18H,2-5,10,17H2,1H3. The van der Waals surface area contributed by atoms with Crippen LogP contribution in [0.4, 0.5) is 5.69 Å². The number of rotatable bonds is 3. The molecule has 0 saturated heterocycles. The van der Waals surface area contributed by atoms with E-state index in [1.165, 1.54) is 25.7 Å². The zero-order chi connectivity index (χ0) is 14.1. The number of aromatic amines is 1. The fourth-order valence-corrected chi connectivity index (χ4v) is 3.19. The summed E-state index contributed by atoms with van der Waals surface area (Å²) in [5.41, 5.74) is 8.12. The largest absolute Gasteiger partial charge is 0.399 e. The van der Waals surface area contributed by atoms with E-state index in [0.717, 1.165) is 23.0 Å². The fourth-order valence-electron chi connectivity index (χ4n) is 3.19. The number of anilines is 1. The Kier molecular flexibility index (Phi) is 3.38. The summed E-state index contributed by atoms with van der Waals surface area (Å²) in [6.45, 7) is 0.862.